The van der Waals surface area contributed by atoms with Crippen LogP contribution < -0.4 is 5.32 Å². The van der Waals surface area contributed by atoms with E-state index in [1.807, 2.05) is 30.2 Å². The maximum absolute atomic E-state index is 4.14. The van der Waals surface area contributed by atoms with Gasteiger partial charge in [-0.25, -0.2) is 0 Å². The fourth-order valence-electron chi connectivity index (χ4n) is 1.86. The molecular weight excluding hydrogens is 264 g/mol. The van der Waals surface area contributed by atoms with Crippen molar-refractivity contribution in [1.82, 2.24) is 10.3 Å². The van der Waals surface area contributed by atoms with Crippen LogP contribution in [0.15, 0.2) is 53.7 Å². The molecule has 106 valence electrons. The van der Waals surface area contributed by atoms with Crippen LogP contribution in [0.1, 0.15) is 25.0 Å². The highest BCUT2D eigenvalue weighted by atomic mass is 32.2. The van der Waals surface area contributed by atoms with Gasteiger partial charge in [-0.3, -0.25) is 4.98 Å². The third kappa shape index (κ3) is 5.35. The van der Waals surface area contributed by atoms with Crippen LogP contribution in [0, 0.1) is 5.92 Å². The molecule has 2 rings (SSSR count). The molecule has 0 amide bonds. The van der Waals surface area contributed by atoms with E-state index < -0.39 is 0 Å². The van der Waals surface area contributed by atoms with Crippen LogP contribution in [0.2, 0.25) is 0 Å². The van der Waals surface area contributed by atoms with Crippen LogP contribution in [0.4, 0.5) is 0 Å². The van der Waals surface area contributed by atoms with Gasteiger partial charge in [-0.05, 0) is 41.8 Å². The van der Waals surface area contributed by atoms with Gasteiger partial charge in [-0.15, -0.1) is 11.8 Å². The molecule has 1 heterocycles. The summed E-state index contributed by atoms with van der Waals surface area (Å²) in [5.41, 5.74) is 2.61. The van der Waals surface area contributed by atoms with E-state index in [1.54, 1.807) is 0 Å². The van der Waals surface area contributed by atoms with E-state index in [2.05, 4.69) is 54.5 Å². The van der Waals surface area contributed by atoms with Gasteiger partial charge in [0.2, 0.25) is 0 Å². The van der Waals surface area contributed by atoms with Crippen molar-refractivity contribution in [1.29, 1.82) is 0 Å². The predicted octanol–water partition coefficient (Wildman–Crippen LogP) is 4.12. The summed E-state index contributed by atoms with van der Waals surface area (Å²) >= 11 is 1.85. The second-order valence-corrected chi connectivity index (χ2v) is 6.37. The molecule has 0 radical (unpaired) electrons. The van der Waals surface area contributed by atoms with E-state index in [1.165, 1.54) is 16.0 Å². The molecule has 0 aliphatic heterocycles. The van der Waals surface area contributed by atoms with E-state index in [0.29, 0.717) is 5.92 Å². The highest BCUT2D eigenvalue weighted by Crippen LogP contribution is 2.22. The molecule has 2 nitrogen and oxygen atoms in total. The Hall–Kier alpha value is -1.32. The highest BCUT2D eigenvalue weighted by Gasteiger charge is 1.98. The largest absolute Gasteiger partial charge is 0.312 e. The lowest BCUT2D eigenvalue weighted by molar-refractivity contribution is 0.552. The first kappa shape index (κ1) is 15.1. The van der Waals surface area contributed by atoms with Crippen LogP contribution in [0.25, 0.3) is 0 Å². The van der Waals surface area contributed by atoms with Gasteiger partial charge < -0.3 is 5.32 Å². The van der Waals surface area contributed by atoms with Crippen LogP contribution in [0.3, 0.4) is 0 Å². The molecule has 0 saturated heterocycles. The van der Waals surface area contributed by atoms with E-state index in [9.17, 15) is 0 Å². The van der Waals surface area contributed by atoms with Crippen molar-refractivity contribution in [2.75, 3.05) is 6.54 Å². The molecule has 3 heteroatoms. The normalized spacial score (nSPS) is 10.9. The standard InChI is InChI=1S/C17H22N2S/c1-14(2)10-19-11-15-5-7-17(8-6-15)20-13-16-4-3-9-18-12-16/h3-9,12,14,19H,10-11,13H2,1-2H3. The van der Waals surface area contributed by atoms with Gasteiger partial charge in [0.15, 0.2) is 0 Å². The molecule has 1 N–H and O–H groups in total. The number of benzene rings is 1. The Morgan fingerprint density at radius 3 is 2.55 bits per heavy atom. The molecule has 0 fully saturated rings. The Labute approximate surface area is 126 Å². The Balaban J connectivity index is 1.79. The van der Waals surface area contributed by atoms with Crippen molar-refractivity contribution >= 4 is 11.8 Å². The van der Waals surface area contributed by atoms with Gasteiger partial charge in [-0.1, -0.05) is 32.0 Å². The lowest BCUT2D eigenvalue weighted by atomic mass is 10.2. The number of thioether (sulfide) groups is 1. The van der Waals surface area contributed by atoms with E-state index in [0.717, 1.165) is 18.8 Å². The molecule has 0 atom stereocenters. The summed E-state index contributed by atoms with van der Waals surface area (Å²) in [5, 5.41) is 3.46. The third-order valence-electron chi connectivity index (χ3n) is 2.93. The number of pyridine rings is 1. The Morgan fingerprint density at radius 2 is 1.90 bits per heavy atom. The highest BCUT2D eigenvalue weighted by molar-refractivity contribution is 7.98. The monoisotopic (exact) mass is 286 g/mol. The molecule has 0 bridgehead atoms. The molecular formula is C17H22N2S. The van der Waals surface area contributed by atoms with Crippen molar-refractivity contribution in [2.24, 2.45) is 5.92 Å². The quantitative estimate of drug-likeness (QED) is 0.775. The molecule has 2 aromatic rings. The van der Waals surface area contributed by atoms with Crippen molar-refractivity contribution in [3.8, 4) is 0 Å². The molecule has 0 aliphatic rings. The average Bonchev–Trinajstić information content (AvgIpc) is 2.47. The lowest BCUT2D eigenvalue weighted by Gasteiger charge is -2.08. The summed E-state index contributed by atoms with van der Waals surface area (Å²) in [5.74, 6) is 1.67. The van der Waals surface area contributed by atoms with E-state index in [4.69, 9.17) is 0 Å². The van der Waals surface area contributed by atoms with Crippen molar-refractivity contribution in [3.05, 3.63) is 59.9 Å². The number of nitrogens with zero attached hydrogens (tertiary/aromatic N) is 1. The molecule has 0 unspecified atom stereocenters. The molecule has 0 aliphatic carbocycles. The van der Waals surface area contributed by atoms with Crippen LogP contribution >= 0.6 is 11.8 Å². The maximum Gasteiger partial charge on any atom is 0.0308 e. The first-order chi connectivity index (χ1) is 9.74. The summed E-state index contributed by atoms with van der Waals surface area (Å²) in [6.45, 7) is 6.47. The third-order valence-corrected chi connectivity index (χ3v) is 4.02. The summed E-state index contributed by atoms with van der Waals surface area (Å²) in [6, 6.07) is 12.9. The fraction of sp³-hybridized carbons (Fsp3) is 0.353. The van der Waals surface area contributed by atoms with Gasteiger partial charge >= 0.3 is 0 Å². The van der Waals surface area contributed by atoms with Crippen LogP contribution in [0.5, 0.6) is 0 Å². The van der Waals surface area contributed by atoms with Crippen molar-refractivity contribution < 1.29 is 0 Å². The van der Waals surface area contributed by atoms with Crippen molar-refractivity contribution in [3.63, 3.8) is 0 Å². The van der Waals surface area contributed by atoms with Gasteiger partial charge in [0.1, 0.15) is 0 Å². The number of hydrogen-bond donors (Lipinski definition) is 1. The smallest absolute Gasteiger partial charge is 0.0308 e. The molecule has 0 saturated carbocycles. The van der Waals surface area contributed by atoms with E-state index in [-0.39, 0.29) is 0 Å². The zero-order chi connectivity index (χ0) is 14.2. The number of rotatable bonds is 7. The first-order valence-electron chi connectivity index (χ1n) is 7.05. The molecule has 20 heavy (non-hydrogen) atoms. The van der Waals surface area contributed by atoms with Gasteiger partial charge in [0.05, 0.1) is 0 Å². The number of aromatic nitrogens is 1. The second kappa shape index (κ2) is 8.08. The predicted molar refractivity (Wildman–Crippen MR) is 86.8 cm³/mol. The van der Waals surface area contributed by atoms with Gasteiger partial charge in [0.25, 0.3) is 0 Å². The lowest BCUT2D eigenvalue weighted by Crippen LogP contribution is -2.18. The van der Waals surface area contributed by atoms with Crippen LogP contribution in [-0.2, 0) is 12.3 Å². The first-order valence-corrected chi connectivity index (χ1v) is 8.04. The fourth-order valence-corrected chi connectivity index (χ4v) is 2.69. The van der Waals surface area contributed by atoms with E-state index >= 15 is 0 Å². The summed E-state index contributed by atoms with van der Waals surface area (Å²) in [7, 11) is 0. The molecule has 0 spiro atoms. The summed E-state index contributed by atoms with van der Waals surface area (Å²) in [4.78, 5) is 5.44. The average molecular weight is 286 g/mol. The molecule has 1 aromatic carbocycles. The number of nitrogens with one attached hydrogen (secondary N) is 1. The minimum Gasteiger partial charge on any atom is -0.312 e. The minimum atomic E-state index is 0.698. The van der Waals surface area contributed by atoms with Crippen molar-refractivity contribution in [2.45, 2.75) is 31.0 Å². The Kier molecular flexibility index (Phi) is 6.09. The van der Waals surface area contributed by atoms with Gasteiger partial charge in [0, 0.05) is 29.6 Å². The number of hydrogen-bond acceptors (Lipinski definition) is 3. The zero-order valence-corrected chi connectivity index (χ0v) is 13.0. The zero-order valence-electron chi connectivity index (χ0n) is 12.2. The molecule has 1 aromatic heterocycles. The maximum atomic E-state index is 4.14. The minimum absolute atomic E-state index is 0.698. The Morgan fingerprint density at radius 1 is 1.10 bits per heavy atom. The summed E-state index contributed by atoms with van der Waals surface area (Å²) in [6.07, 6.45) is 3.74. The SMILES string of the molecule is CC(C)CNCc1ccc(SCc2cccnc2)cc1. The topological polar surface area (TPSA) is 24.9 Å². The second-order valence-electron chi connectivity index (χ2n) is 5.32. The van der Waals surface area contributed by atoms with Crippen LogP contribution in [-0.4, -0.2) is 11.5 Å². The van der Waals surface area contributed by atoms with Gasteiger partial charge in [-0.2, -0.15) is 0 Å². The Bertz CT molecular complexity index is 494. The summed E-state index contributed by atoms with van der Waals surface area (Å²) < 4.78 is 0.